The number of hydrogen-bond acceptors (Lipinski definition) is 4. The van der Waals surface area contributed by atoms with Gasteiger partial charge in [0.15, 0.2) is 0 Å². The highest BCUT2D eigenvalue weighted by Crippen LogP contribution is 2.17. The third-order valence-corrected chi connectivity index (χ3v) is 5.54. The zero-order valence-electron chi connectivity index (χ0n) is 10.7. The molecular weight excluding hydrogens is 252 g/mol. The zero-order valence-corrected chi connectivity index (χ0v) is 11.5. The highest BCUT2D eigenvalue weighted by molar-refractivity contribution is 7.91. The van der Waals surface area contributed by atoms with Crippen molar-refractivity contribution in [3.63, 3.8) is 0 Å². The van der Waals surface area contributed by atoms with Crippen LogP contribution in [-0.2, 0) is 14.6 Å². The highest BCUT2D eigenvalue weighted by atomic mass is 32.2. The largest absolute Gasteiger partial charge is 0.352 e. The lowest BCUT2D eigenvalue weighted by molar-refractivity contribution is -0.121. The first-order chi connectivity index (χ1) is 8.55. The smallest absolute Gasteiger partial charge is 0.234 e. The Morgan fingerprint density at radius 3 is 2.22 bits per heavy atom. The SMILES string of the molecule is O=C(CNC1CCS(=O)(=O)CC1)NC1CCCC1. The predicted octanol–water partition coefficient (Wildman–Crippen LogP) is 0.212. The third kappa shape index (κ3) is 4.24. The molecule has 0 spiro atoms. The molecule has 104 valence electrons. The van der Waals surface area contributed by atoms with Crippen LogP contribution in [0.4, 0.5) is 0 Å². The van der Waals surface area contributed by atoms with Gasteiger partial charge in [-0.2, -0.15) is 0 Å². The first-order valence-corrected chi connectivity index (χ1v) is 8.60. The average molecular weight is 274 g/mol. The molecule has 1 saturated heterocycles. The molecule has 1 saturated carbocycles. The van der Waals surface area contributed by atoms with Crippen LogP contribution in [-0.4, -0.2) is 44.5 Å². The second-order valence-electron chi connectivity index (χ2n) is 5.36. The summed E-state index contributed by atoms with van der Waals surface area (Å²) >= 11 is 0. The van der Waals surface area contributed by atoms with Crippen LogP contribution in [0.25, 0.3) is 0 Å². The average Bonchev–Trinajstić information content (AvgIpc) is 2.80. The van der Waals surface area contributed by atoms with Crippen molar-refractivity contribution in [2.24, 2.45) is 0 Å². The fourth-order valence-corrected chi connectivity index (χ4v) is 4.17. The minimum atomic E-state index is -2.81. The molecule has 0 atom stereocenters. The van der Waals surface area contributed by atoms with Crippen molar-refractivity contribution in [3.8, 4) is 0 Å². The van der Waals surface area contributed by atoms with E-state index in [0.717, 1.165) is 12.8 Å². The molecule has 18 heavy (non-hydrogen) atoms. The van der Waals surface area contributed by atoms with Crippen LogP contribution in [0.2, 0.25) is 0 Å². The van der Waals surface area contributed by atoms with Crippen molar-refractivity contribution in [3.05, 3.63) is 0 Å². The first-order valence-electron chi connectivity index (χ1n) is 6.78. The fourth-order valence-electron chi connectivity index (χ4n) is 2.68. The molecule has 0 radical (unpaired) electrons. The molecule has 0 aromatic rings. The summed E-state index contributed by atoms with van der Waals surface area (Å²) in [6.45, 7) is 0.307. The quantitative estimate of drug-likeness (QED) is 0.768. The summed E-state index contributed by atoms with van der Waals surface area (Å²) in [6, 6.07) is 0.522. The Balaban J connectivity index is 1.64. The van der Waals surface area contributed by atoms with Crippen molar-refractivity contribution in [1.29, 1.82) is 0 Å². The van der Waals surface area contributed by atoms with Crippen LogP contribution >= 0.6 is 0 Å². The second kappa shape index (κ2) is 6.02. The Morgan fingerprint density at radius 2 is 1.61 bits per heavy atom. The van der Waals surface area contributed by atoms with Gasteiger partial charge in [-0.25, -0.2) is 8.42 Å². The molecule has 5 nitrogen and oxygen atoms in total. The lowest BCUT2D eigenvalue weighted by atomic mass is 10.1. The monoisotopic (exact) mass is 274 g/mol. The van der Waals surface area contributed by atoms with Crippen LogP contribution in [0.5, 0.6) is 0 Å². The number of carbonyl (C=O) groups is 1. The van der Waals surface area contributed by atoms with Crippen LogP contribution in [0.15, 0.2) is 0 Å². The summed E-state index contributed by atoms with van der Waals surface area (Å²) < 4.78 is 22.5. The van der Waals surface area contributed by atoms with Gasteiger partial charge in [-0.15, -0.1) is 0 Å². The number of nitrogens with one attached hydrogen (secondary N) is 2. The predicted molar refractivity (Wildman–Crippen MR) is 70.1 cm³/mol. The molecule has 0 aromatic heterocycles. The number of carbonyl (C=O) groups excluding carboxylic acids is 1. The van der Waals surface area contributed by atoms with Gasteiger partial charge in [0.25, 0.3) is 0 Å². The summed E-state index contributed by atoms with van der Waals surface area (Å²) in [5, 5.41) is 6.17. The van der Waals surface area contributed by atoms with Crippen molar-refractivity contribution in [2.45, 2.75) is 50.6 Å². The maximum Gasteiger partial charge on any atom is 0.234 e. The van der Waals surface area contributed by atoms with E-state index >= 15 is 0 Å². The third-order valence-electron chi connectivity index (χ3n) is 3.83. The van der Waals surface area contributed by atoms with Crippen molar-refractivity contribution < 1.29 is 13.2 Å². The van der Waals surface area contributed by atoms with E-state index in [1.165, 1.54) is 12.8 Å². The maximum absolute atomic E-state index is 11.7. The lowest BCUT2D eigenvalue weighted by Gasteiger charge is -2.23. The topological polar surface area (TPSA) is 75.3 Å². The fraction of sp³-hybridized carbons (Fsp3) is 0.917. The molecule has 0 bridgehead atoms. The van der Waals surface area contributed by atoms with Crippen LogP contribution in [0, 0.1) is 0 Å². The van der Waals surface area contributed by atoms with Gasteiger partial charge in [-0.05, 0) is 25.7 Å². The molecule has 2 N–H and O–H groups in total. The van der Waals surface area contributed by atoms with Gasteiger partial charge in [-0.3, -0.25) is 4.79 Å². The molecule has 2 rings (SSSR count). The highest BCUT2D eigenvalue weighted by Gasteiger charge is 2.24. The van der Waals surface area contributed by atoms with Gasteiger partial charge in [0, 0.05) is 12.1 Å². The van der Waals surface area contributed by atoms with E-state index in [1.807, 2.05) is 0 Å². The molecule has 2 aliphatic rings. The summed E-state index contributed by atoms with van der Waals surface area (Å²) in [5.74, 6) is 0.527. The summed E-state index contributed by atoms with van der Waals surface area (Å²) in [6.07, 6.45) is 5.84. The lowest BCUT2D eigenvalue weighted by Crippen LogP contribution is -2.44. The summed E-state index contributed by atoms with van der Waals surface area (Å²) in [7, 11) is -2.81. The normalized spacial score (nSPS) is 25.1. The molecule has 0 unspecified atom stereocenters. The Hall–Kier alpha value is -0.620. The van der Waals surface area contributed by atoms with E-state index in [-0.39, 0.29) is 23.5 Å². The molecule has 1 amide bonds. The standard InChI is InChI=1S/C12H22N2O3S/c15-12(14-11-3-1-2-4-11)9-13-10-5-7-18(16,17)8-6-10/h10-11,13H,1-9H2,(H,14,15). The van der Waals surface area contributed by atoms with E-state index in [4.69, 9.17) is 0 Å². The van der Waals surface area contributed by atoms with E-state index in [2.05, 4.69) is 10.6 Å². The van der Waals surface area contributed by atoms with E-state index in [1.54, 1.807) is 0 Å². The van der Waals surface area contributed by atoms with Gasteiger partial charge in [0.05, 0.1) is 18.1 Å². The minimum absolute atomic E-state index is 0.0373. The number of amides is 1. The van der Waals surface area contributed by atoms with Crippen LogP contribution < -0.4 is 10.6 Å². The van der Waals surface area contributed by atoms with Gasteiger partial charge in [0.2, 0.25) is 5.91 Å². The summed E-state index contributed by atoms with van der Waals surface area (Å²) in [5.41, 5.74) is 0. The van der Waals surface area contributed by atoms with Crippen LogP contribution in [0.3, 0.4) is 0 Å². The molecular formula is C12H22N2O3S. The van der Waals surface area contributed by atoms with Crippen molar-refractivity contribution in [1.82, 2.24) is 10.6 Å². The Labute approximate surface area is 109 Å². The van der Waals surface area contributed by atoms with Crippen molar-refractivity contribution >= 4 is 15.7 Å². The van der Waals surface area contributed by atoms with Crippen LogP contribution in [0.1, 0.15) is 38.5 Å². The van der Waals surface area contributed by atoms with Gasteiger partial charge >= 0.3 is 0 Å². The molecule has 1 heterocycles. The van der Waals surface area contributed by atoms with Gasteiger partial charge in [-0.1, -0.05) is 12.8 Å². The van der Waals surface area contributed by atoms with Gasteiger partial charge in [0.1, 0.15) is 9.84 Å². The maximum atomic E-state index is 11.7. The molecule has 1 aliphatic carbocycles. The number of rotatable bonds is 4. The minimum Gasteiger partial charge on any atom is -0.352 e. The van der Waals surface area contributed by atoms with Gasteiger partial charge < -0.3 is 10.6 Å². The Kier molecular flexibility index (Phi) is 4.61. The number of sulfone groups is 1. The number of hydrogen-bond donors (Lipinski definition) is 2. The Morgan fingerprint density at radius 1 is 1.00 bits per heavy atom. The van der Waals surface area contributed by atoms with E-state index < -0.39 is 9.84 Å². The molecule has 1 aliphatic heterocycles. The van der Waals surface area contributed by atoms with E-state index in [9.17, 15) is 13.2 Å². The first kappa shape index (κ1) is 13.8. The van der Waals surface area contributed by atoms with Crippen molar-refractivity contribution in [2.75, 3.05) is 18.1 Å². The van der Waals surface area contributed by atoms with E-state index in [0.29, 0.717) is 25.4 Å². The summed E-state index contributed by atoms with van der Waals surface area (Å²) in [4.78, 5) is 11.7. The molecule has 0 aromatic carbocycles. The second-order valence-corrected chi connectivity index (χ2v) is 7.66. The molecule has 6 heteroatoms. The Bertz CT molecular complexity index is 374. The molecule has 2 fully saturated rings. The zero-order chi connectivity index (χ0) is 13.0.